The molecule has 5 nitrogen and oxygen atoms in total. The molecule has 0 aliphatic heterocycles. The number of halogens is 1. The lowest BCUT2D eigenvalue weighted by Crippen LogP contribution is -2.21. The number of hydrogen-bond donors (Lipinski definition) is 2. The molecule has 0 aliphatic rings. The van der Waals surface area contributed by atoms with E-state index in [1.807, 2.05) is 16.7 Å². The van der Waals surface area contributed by atoms with E-state index in [-0.39, 0.29) is 0 Å². The second-order valence-electron chi connectivity index (χ2n) is 4.34. The van der Waals surface area contributed by atoms with Gasteiger partial charge in [0.1, 0.15) is 6.10 Å². The zero-order chi connectivity index (χ0) is 13.9. The molecule has 0 bridgehead atoms. The summed E-state index contributed by atoms with van der Waals surface area (Å²) < 4.78 is 2.65. The zero-order valence-electron chi connectivity index (χ0n) is 10.5. The molecule has 0 amide bonds. The number of thiophene rings is 1. The molecule has 3 rings (SSSR count). The number of rotatable bonds is 5. The molecule has 0 aromatic carbocycles. The van der Waals surface area contributed by atoms with Crippen LogP contribution in [0.25, 0.3) is 5.65 Å². The maximum Gasteiger partial charge on any atom is 0.155 e. The van der Waals surface area contributed by atoms with Crippen LogP contribution in [0.3, 0.4) is 0 Å². The van der Waals surface area contributed by atoms with Gasteiger partial charge in [-0.05, 0) is 12.1 Å². The van der Waals surface area contributed by atoms with Crippen LogP contribution in [0.2, 0.25) is 4.34 Å². The van der Waals surface area contributed by atoms with Crippen LogP contribution in [0.5, 0.6) is 0 Å². The van der Waals surface area contributed by atoms with Crippen LogP contribution in [0.15, 0.2) is 36.9 Å². The average Bonchev–Trinajstić information content (AvgIpc) is 3.06. The fourth-order valence-electron chi connectivity index (χ4n) is 1.97. The Morgan fingerprint density at radius 1 is 1.40 bits per heavy atom. The van der Waals surface area contributed by atoms with Crippen LogP contribution in [0.4, 0.5) is 0 Å². The Balaban J connectivity index is 1.60. The van der Waals surface area contributed by atoms with Gasteiger partial charge in [-0.1, -0.05) is 11.6 Å². The van der Waals surface area contributed by atoms with E-state index in [0.29, 0.717) is 17.4 Å². The van der Waals surface area contributed by atoms with Crippen molar-refractivity contribution in [3.8, 4) is 0 Å². The third-order valence-corrected chi connectivity index (χ3v) is 4.29. The minimum Gasteiger partial charge on any atom is -0.386 e. The molecule has 20 heavy (non-hydrogen) atoms. The van der Waals surface area contributed by atoms with Gasteiger partial charge >= 0.3 is 0 Å². The van der Waals surface area contributed by atoms with Gasteiger partial charge in [0.05, 0.1) is 22.4 Å². The normalized spacial score (nSPS) is 12.9. The fourth-order valence-corrected chi connectivity index (χ4v) is 3.02. The van der Waals surface area contributed by atoms with Crippen molar-refractivity contribution in [1.29, 1.82) is 0 Å². The van der Waals surface area contributed by atoms with Gasteiger partial charge in [0.25, 0.3) is 0 Å². The van der Waals surface area contributed by atoms with Crippen LogP contribution in [-0.2, 0) is 6.54 Å². The lowest BCUT2D eigenvalue weighted by Gasteiger charge is -2.09. The predicted octanol–water partition coefficient (Wildman–Crippen LogP) is 2.27. The van der Waals surface area contributed by atoms with Crippen molar-refractivity contribution in [3.63, 3.8) is 0 Å². The Labute approximate surface area is 124 Å². The minimum absolute atomic E-state index is 0.467. The molecule has 1 unspecified atom stereocenters. The smallest absolute Gasteiger partial charge is 0.155 e. The summed E-state index contributed by atoms with van der Waals surface area (Å²) in [5, 5.41) is 13.3. The summed E-state index contributed by atoms with van der Waals surface area (Å²) in [6.45, 7) is 1.09. The van der Waals surface area contributed by atoms with Crippen molar-refractivity contribution >= 4 is 28.6 Å². The summed E-state index contributed by atoms with van der Waals surface area (Å²) in [6.07, 6.45) is 6.56. The standard InChI is InChI=1S/C13H13ClN4OS/c14-12-2-1-11(20-12)10(19)7-16-5-9-6-17-13-8-15-3-4-18(9)13/h1-4,6,8,10,16,19H,5,7H2. The number of aromatic nitrogens is 3. The van der Waals surface area contributed by atoms with Gasteiger partial charge in [-0.15, -0.1) is 11.3 Å². The number of aliphatic hydroxyl groups excluding tert-OH is 1. The van der Waals surface area contributed by atoms with Crippen molar-refractivity contribution < 1.29 is 5.11 Å². The number of hydrogen-bond acceptors (Lipinski definition) is 5. The Bertz CT molecular complexity index is 711. The second kappa shape index (κ2) is 5.88. The Morgan fingerprint density at radius 3 is 3.10 bits per heavy atom. The van der Waals surface area contributed by atoms with E-state index in [2.05, 4.69) is 15.3 Å². The highest BCUT2D eigenvalue weighted by Crippen LogP contribution is 2.26. The van der Waals surface area contributed by atoms with Gasteiger partial charge in [-0.3, -0.25) is 9.38 Å². The van der Waals surface area contributed by atoms with Crippen LogP contribution in [0, 0.1) is 0 Å². The number of imidazole rings is 1. The summed E-state index contributed by atoms with van der Waals surface area (Å²) in [7, 11) is 0. The first kappa shape index (κ1) is 13.5. The molecule has 7 heteroatoms. The topological polar surface area (TPSA) is 62.5 Å². The molecule has 104 valence electrons. The highest BCUT2D eigenvalue weighted by Gasteiger charge is 2.10. The third-order valence-electron chi connectivity index (χ3n) is 2.96. The highest BCUT2D eigenvalue weighted by molar-refractivity contribution is 7.16. The van der Waals surface area contributed by atoms with Gasteiger partial charge in [0, 0.05) is 30.4 Å². The predicted molar refractivity (Wildman–Crippen MR) is 79.0 cm³/mol. The molecular formula is C13H13ClN4OS. The Hall–Kier alpha value is -1.47. The lowest BCUT2D eigenvalue weighted by atomic mass is 10.3. The van der Waals surface area contributed by atoms with Crippen molar-refractivity contribution in [2.45, 2.75) is 12.6 Å². The molecule has 1 atom stereocenters. The molecule has 3 heterocycles. The van der Waals surface area contributed by atoms with Crippen molar-refractivity contribution in [2.75, 3.05) is 6.54 Å². The second-order valence-corrected chi connectivity index (χ2v) is 6.09. The van der Waals surface area contributed by atoms with Crippen molar-refractivity contribution in [1.82, 2.24) is 19.7 Å². The molecular weight excluding hydrogens is 296 g/mol. The Morgan fingerprint density at radius 2 is 2.30 bits per heavy atom. The van der Waals surface area contributed by atoms with E-state index in [1.54, 1.807) is 24.7 Å². The van der Waals surface area contributed by atoms with E-state index in [4.69, 9.17) is 11.6 Å². The summed E-state index contributed by atoms with van der Waals surface area (Å²) in [6, 6.07) is 3.64. The quantitative estimate of drug-likeness (QED) is 0.759. The minimum atomic E-state index is -0.548. The maximum atomic E-state index is 10.0. The first-order valence-corrected chi connectivity index (χ1v) is 7.33. The van der Waals surface area contributed by atoms with E-state index >= 15 is 0 Å². The summed E-state index contributed by atoms with van der Waals surface area (Å²) in [5.41, 5.74) is 1.84. The van der Waals surface area contributed by atoms with Crippen molar-refractivity contribution in [2.24, 2.45) is 0 Å². The third kappa shape index (κ3) is 2.83. The van der Waals surface area contributed by atoms with Crippen LogP contribution < -0.4 is 5.32 Å². The van der Waals surface area contributed by atoms with Gasteiger partial charge in [0.15, 0.2) is 5.65 Å². The first-order chi connectivity index (χ1) is 9.74. The summed E-state index contributed by atoms with van der Waals surface area (Å²) in [5.74, 6) is 0. The van der Waals surface area contributed by atoms with E-state index in [1.165, 1.54) is 11.3 Å². The number of aliphatic hydroxyl groups is 1. The number of fused-ring (bicyclic) bond motifs is 1. The van der Waals surface area contributed by atoms with Gasteiger partial charge in [0.2, 0.25) is 0 Å². The van der Waals surface area contributed by atoms with E-state index < -0.39 is 6.10 Å². The van der Waals surface area contributed by atoms with E-state index in [0.717, 1.165) is 16.2 Å². The van der Waals surface area contributed by atoms with Crippen LogP contribution in [0.1, 0.15) is 16.7 Å². The summed E-state index contributed by atoms with van der Waals surface area (Å²) in [4.78, 5) is 9.15. The molecule has 0 radical (unpaired) electrons. The summed E-state index contributed by atoms with van der Waals surface area (Å²) >= 11 is 7.25. The number of nitrogens with zero attached hydrogens (tertiary/aromatic N) is 3. The molecule has 3 aromatic heterocycles. The van der Waals surface area contributed by atoms with Gasteiger partial charge in [-0.25, -0.2) is 4.98 Å². The fraction of sp³-hybridized carbons (Fsp3) is 0.231. The van der Waals surface area contributed by atoms with Crippen molar-refractivity contribution in [3.05, 3.63) is 51.8 Å². The molecule has 0 spiro atoms. The molecule has 0 saturated heterocycles. The first-order valence-electron chi connectivity index (χ1n) is 6.14. The lowest BCUT2D eigenvalue weighted by molar-refractivity contribution is 0.178. The molecule has 0 fully saturated rings. The average molecular weight is 309 g/mol. The van der Waals surface area contributed by atoms with E-state index in [9.17, 15) is 5.11 Å². The molecule has 3 aromatic rings. The van der Waals surface area contributed by atoms with Gasteiger partial charge < -0.3 is 10.4 Å². The molecule has 0 aliphatic carbocycles. The van der Waals surface area contributed by atoms with Crippen LogP contribution in [-0.4, -0.2) is 26.0 Å². The monoisotopic (exact) mass is 308 g/mol. The maximum absolute atomic E-state index is 10.0. The van der Waals surface area contributed by atoms with Crippen LogP contribution >= 0.6 is 22.9 Å². The molecule has 0 saturated carbocycles. The largest absolute Gasteiger partial charge is 0.386 e. The highest BCUT2D eigenvalue weighted by atomic mass is 35.5. The van der Waals surface area contributed by atoms with Gasteiger partial charge in [-0.2, -0.15) is 0 Å². The number of nitrogens with one attached hydrogen (secondary N) is 1. The SMILES string of the molecule is OC(CNCc1cnc2cnccn12)c1ccc(Cl)s1. The molecule has 2 N–H and O–H groups in total. The Kier molecular flexibility index (Phi) is 3.98. The zero-order valence-corrected chi connectivity index (χ0v) is 12.1.